The van der Waals surface area contributed by atoms with Crippen LogP contribution in [0.5, 0.6) is 5.75 Å². The monoisotopic (exact) mass is 249 g/mol. The number of methoxy groups -OCH3 is 1. The Morgan fingerprint density at radius 1 is 1.50 bits per heavy atom. The van der Waals surface area contributed by atoms with Crippen LogP contribution in [0.4, 0.5) is 0 Å². The van der Waals surface area contributed by atoms with Gasteiger partial charge in [-0.25, -0.2) is 4.79 Å². The highest BCUT2D eigenvalue weighted by atomic mass is 16.5. The Morgan fingerprint density at radius 2 is 2.28 bits per heavy atom. The lowest BCUT2D eigenvalue weighted by Crippen LogP contribution is -2.31. The SMILES string of the molecule is CCN1Cc2cc(C(=O)OC)ccc2OCC1=O. The van der Waals surface area contributed by atoms with E-state index in [2.05, 4.69) is 4.74 Å². The standard InChI is InChI=1S/C13H15NO4/c1-3-14-7-10-6-9(13(16)17-2)4-5-11(10)18-8-12(14)15/h4-6H,3,7-8H2,1-2H3. The molecule has 5 heteroatoms. The number of benzene rings is 1. The Bertz CT molecular complexity index is 484. The highest BCUT2D eigenvalue weighted by Gasteiger charge is 2.21. The topological polar surface area (TPSA) is 55.8 Å². The molecule has 5 nitrogen and oxygen atoms in total. The van der Waals surface area contributed by atoms with E-state index in [-0.39, 0.29) is 12.5 Å². The van der Waals surface area contributed by atoms with Crippen LogP contribution < -0.4 is 4.74 Å². The number of fused-ring (bicyclic) bond motifs is 1. The zero-order valence-corrected chi connectivity index (χ0v) is 10.4. The molecule has 96 valence electrons. The summed E-state index contributed by atoms with van der Waals surface area (Å²) in [5, 5.41) is 0. The van der Waals surface area contributed by atoms with E-state index in [0.717, 1.165) is 5.56 Å². The summed E-state index contributed by atoms with van der Waals surface area (Å²) in [7, 11) is 1.34. The summed E-state index contributed by atoms with van der Waals surface area (Å²) in [6, 6.07) is 5.05. The van der Waals surface area contributed by atoms with E-state index in [4.69, 9.17) is 4.74 Å². The van der Waals surface area contributed by atoms with Crippen molar-refractivity contribution >= 4 is 11.9 Å². The van der Waals surface area contributed by atoms with Crippen LogP contribution >= 0.6 is 0 Å². The Morgan fingerprint density at radius 3 is 2.94 bits per heavy atom. The summed E-state index contributed by atoms with van der Waals surface area (Å²) in [5.74, 6) is 0.205. The number of esters is 1. The van der Waals surface area contributed by atoms with Crippen molar-refractivity contribution in [2.45, 2.75) is 13.5 Å². The minimum absolute atomic E-state index is 0.0401. The third kappa shape index (κ3) is 2.30. The van der Waals surface area contributed by atoms with Crippen molar-refractivity contribution in [3.63, 3.8) is 0 Å². The maximum atomic E-state index is 11.7. The van der Waals surface area contributed by atoms with Crippen molar-refractivity contribution in [3.8, 4) is 5.75 Å². The highest BCUT2D eigenvalue weighted by Crippen LogP contribution is 2.24. The number of nitrogens with zero attached hydrogens (tertiary/aromatic N) is 1. The van der Waals surface area contributed by atoms with Crippen molar-refractivity contribution in [1.82, 2.24) is 4.90 Å². The van der Waals surface area contributed by atoms with Crippen LogP contribution in [-0.2, 0) is 16.1 Å². The second-order valence-corrected chi connectivity index (χ2v) is 4.01. The van der Waals surface area contributed by atoms with Crippen LogP contribution in [0.15, 0.2) is 18.2 Å². The van der Waals surface area contributed by atoms with Crippen molar-refractivity contribution in [1.29, 1.82) is 0 Å². The molecule has 1 amide bonds. The third-order valence-corrected chi connectivity index (χ3v) is 2.93. The molecule has 1 aromatic rings. The van der Waals surface area contributed by atoms with Crippen LogP contribution in [0, 0.1) is 0 Å². The second-order valence-electron chi connectivity index (χ2n) is 4.01. The lowest BCUT2D eigenvalue weighted by atomic mass is 10.1. The van der Waals surface area contributed by atoms with Gasteiger partial charge in [0.2, 0.25) is 0 Å². The van der Waals surface area contributed by atoms with E-state index in [1.165, 1.54) is 7.11 Å². The number of likely N-dealkylation sites (N-methyl/N-ethyl adjacent to an activating group) is 1. The Balaban J connectivity index is 2.34. The van der Waals surface area contributed by atoms with Crippen molar-refractivity contribution in [3.05, 3.63) is 29.3 Å². The Hall–Kier alpha value is -2.04. The van der Waals surface area contributed by atoms with E-state index in [1.54, 1.807) is 23.1 Å². The van der Waals surface area contributed by atoms with E-state index < -0.39 is 5.97 Å². The summed E-state index contributed by atoms with van der Waals surface area (Å²) in [4.78, 5) is 24.8. The fraction of sp³-hybridized carbons (Fsp3) is 0.385. The van der Waals surface area contributed by atoms with E-state index in [0.29, 0.717) is 24.4 Å². The molecule has 0 N–H and O–H groups in total. The Labute approximate surface area is 105 Å². The van der Waals surface area contributed by atoms with Crippen LogP contribution in [0.3, 0.4) is 0 Å². The first-order valence-corrected chi connectivity index (χ1v) is 5.77. The molecule has 0 saturated carbocycles. The molecule has 0 aliphatic carbocycles. The number of carbonyl (C=O) groups is 2. The molecule has 1 heterocycles. The first-order chi connectivity index (χ1) is 8.65. The molecule has 0 radical (unpaired) electrons. The maximum Gasteiger partial charge on any atom is 0.337 e. The predicted molar refractivity (Wildman–Crippen MR) is 64.4 cm³/mol. The van der Waals surface area contributed by atoms with Gasteiger partial charge in [0.05, 0.1) is 12.7 Å². The fourth-order valence-electron chi connectivity index (χ4n) is 1.90. The molecule has 0 fully saturated rings. The summed E-state index contributed by atoms with van der Waals surface area (Å²) >= 11 is 0. The quantitative estimate of drug-likeness (QED) is 0.739. The molecule has 1 aliphatic rings. The number of hydrogen-bond donors (Lipinski definition) is 0. The van der Waals surface area contributed by atoms with Gasteiger partial charge >= 0.3 is 5.97 Å². The zero-order valence-electron chi connectivity index (χ0n) is 10.4. The van der Waals surface area contributed by atoms with Crippen molar-refractivity contribution < 1.29 is 19.1 Å². The van der Waals surface area contributed by atoms with Crippen LogP contribution in [0.25, 0.3) is 0 Å². The number of ether oxygens (including phenoxy) is 2. The summed E-state index contributed by atoms with van der Waals surface area (Å²) in [6.45, 7) is 3.02. The molecule has 0 bridgehead atoms. The summed E-state index contributed by atoms with van der Waals surface area (Å²) in [6.07, 6.45) is 0. The van der Waals surface area contributed by atoms with Gasteiger partial charge in [-0.15, -0.1) is 0 Å². The molecule has 1 aromatic carbocycles. The Kier molecular flexibility index (Phi) is 3.50. The largest absolute Gasteiger partial charge is 0.483 e. The molecule has 0 unspecified atom stereocenters. The van der Waals surface area contributed by atoms with Gasteiger partial charge in [0.15, 0.2) is 6.61 Å². The zero-order chi connectivity index (χ0) is 13.1. The maximum absolute atomic E-state index is 11.7. The molecule has 2 rings (SSSR count). The normalized spacial score (nSPS) is 14.6. The minimum atomic E-state index is -0.392. The van der Waals surface area contributed by atoms with Gasteiger partial charge in [0.25, 0.3) is 5.91 Å². The predicted octanol–water partition coefficient (Wildman–Crippen LogP) is 1.21. The van der Waals surface area contributed by atoms with Gasteiger partial charge in [-0.1, -0.05) is 0 Å². The van der Waals surface area contributed by atoms with Gasteiger partial charge in [-0.3, -0.25) is 4.79 Å². The number of carbonyl (C=O) groups excluding carboxylic acids is 2. The van der Waals surface area contributed by atoms with Gasteiger partial charge in [-0.2, -0.15) is 0 Å². The second kappa shape index (κ2) is 5.08. The van der Waals surface area contributed by atoms with Crippen LogP contribution in [0.1, 0.15) is 22.8 Å². The summed E-state index contributed by atoms with van der Waals surface area (Å²) in [5.41, 5.74) is 1.29. The first-order valence-electron chi connectivity index (χ1n) is 5.77. The van der Waals surface area contributed by atoms with Gasteiger partial charge in [0.1, 0.15) is 5.75 Å². The lowest BCUT2D eigenvalue weighted by Gasteiger charge is -2.17. The highest BCUT2D eigenvalue weighted by molar-refractivity contribution is 5.90. The van der Waals surface area contributed by atoms with Gasteiger partial charge in [0, 0.05) is 18.7 Å². The first kappa shape index (κ1) is 12.4. The average Bonchev–Trinajstić information content (AvgIpc) is 2.56. The molecular formula is C13H15NO4. The smallest absolute Gasteiger partial charge is 0.337 e. The molecule has 0 aromatic heterocycles. The van der Waals surface area contributed by atoms with Crippen LogP contribution in [-0.4, -0.2) is 37.0 Å². The van der Waals surface area contributed by atoms with E-state index in [1.807, 2.05) is 6.92 Å². The van der Waals surface area contributed by atoms with Crippen molar-refractivity contribution in [2.24, 2.45) is 0 Å². The number of hydrogen-bond acceptors (Lipinski definition) is 4. The molecule has 18 heavy (non-hydrogen) atoms. The molecule has 0 spiro atoms. The van der Waals surface area contributed by atoms with Crippen molar-refractivity contribution in [2.75, 3.05) is 20.3 Å². The molecule has 0 atom stereocenters. The van der Waals surface area contributed by atoms with E-state index in [9.17, 15) is 9.59 Å². The summed E-state index contributed by atoms with van der Waals surface area (Å²) < 4.78 is 10.1. The molecular weight excluding hydrogens is 234 g/mol. The third-order valence-electron chi connectivity index (χ3n) is 2.93. The van der Waals surface area contributed by atoms with Crippen LogP contribution in [0.2, 0.25) is 0 Å². The minimum Gasteiger partial charge on any atom is -0.483 e. The van der Waals surface area contributed by atoms with Gasteiger partial charge < -0.3 is 14.4 Å². The lowest BCUT2D eigenvalue weighted by molar-refractivity contribution is -0.133. The average molecular weight is 249 g/mol. The fourth-order valence-corrected chi connectivity index (χ4v) is 1.90. The van der Waals surface area contributed by atoms with E-state index >= 15 is 0 Å². The molecule has 1 aliphatic heterocycles. The van der Waals surface area contributed by atoms with Gasteiger partial charge in [-0.05, 0) is 25.1 Å². The number of amides is 1. The number of rotatable bonds is 2. The molecule has 0 saturated heterocycles.